The van der Waals surface area contributed by atoms with E-state index >= 15 is 0 Å². The number of nitrogens with zero attached hydrogens (tertiary/aromatic N) is 1. The number of aliphatic hydroxyl groups is 1. The third-order valence-corrected chi connectivity index (χ3v) is 3.03. The fraction of sp³-hybridized carbons (Fsp3) is 0.176. The minimum absolute atomic E-state index is 0.0139. The van der Waals surface area contributed by atoms with E-state index in [0.717, 1.165) is 0 Å². The van der Waals surface area contributed by atoms with E-state index < -0.39 is 6.10 Å². The summed E-state index contributed by atoms with van der Waals surface area (Å²) >= 11 is 0. The summed E-state index contributed by atoms with van der Waals surface area (Å²) in [5.74, 6) is -0.285. The molecule has 2 rings (SSSR count). The molecule has 0 bridgehead atoms. The molecule has 2 aromatic rings. The minimum Gasteiger partial charge on any atom is -0.491 e. The van der Waals surface area contributed by atoms with Gasteiger partial charge in [-0.1, -0.05) is 0 Å². The Hall–Kier alpha value is -2.91. The summed E-state index contributed by atoms with van der Waals surface area (Å²) in [4.78, 5) is 11.9. The van der Waals surface area contributed by atoms with Gasteiger partial charge in [0.15, 0.2) is 0 Å². The van der Waals surface area contributed by atoms with Crippen LogP contribution in [0.5, 0.6) is 5.75 Å². The van der Waals surface area contributed by atoms with Gasteiger partial charge in [0, 0.05) is 12.1 Å². The SMILES string of the molecule is N#Cc1ccc(C(=O)NCC(O)COc2ccc(F)cc2)cc1. The van der Waals surface area contributed by atoms with Crippen LogP contribution in [0.2, 0.25) is 0 Å². The second kappa shape index (κ2) is 7.92. The van der Waals surface area contributed by atoms with E-state index in [-0.39, 0.29) is 24.9 Å². The standard InChI is InChI=1S/C17H15FN2O3/c18-14-5-7-16(8-6-14)23-11-15(21)10-20-17(22)13-3-1-12(9-19)2-4-13/h1-8,15,21H,10-11H2,(H,20,22). The van der Waals surface area contributed by atoms with E-state index in [1.54, 1.807) is 12.1 Å². The molecular formula is C17H15FN2O3. The van der Waals surface area contributed by atoms with Crippen molar-refractivity contribution < 1.29 is 19.0 Å². The minimum atomic E-state index is -0.901. The Kier molecular flexibility index (Phi) is 5.67. The molecule has 2 aromatic carbocycles. The number of hydrogen-bond donors (Lipinski definition) is 2. The van der Waals surface area contributed by atoms with Crippen LogP contribution in [-0.4, -0.2) is 30.3 Å². The molecule has 0 aliphatic heterocycles. The van der Waals surface area contributed by atoms with E-state index in [1.807, 2.05) is 6.07 Å². The number of nitriles is 1. The Balaban J connectivity index is 1.76. The molecule has 0 aliphatic carbocycles. The van der Waals surface area contributed by atoms with Crippen molar-refractivity contribution in [3.63, 3.8) is 0 Å². The number of nitrogens with one attached hydrogen (secondary N) is 1. The van der Waals surface area contributed by atoms with Crippen molar-refractivity contribution in [3.8, 4) is 11.8 Å². The average Bonchev–Trinajstić information content (AvgIpc) is 2.59. The second-order valence-corrected chi connectivity index (χ2v) is 4.82. The van der Waals surface area contributed by atoms with Crippen molar-refractivity contribution in [1.29, 1.82) is 5.26 Å². The first kappa shape index (κ1) is 16.5. The Morgan fingerprint density at radius 2 is 1.87 bits per heavy atom. The molecular weight excluding hydrogens is 299 g/mol. The smallest absolute Gasteiger partial charge is 0.251 e. The van der Waals surface area contributed by atoms with Crippen molar-refractivity contribution in [3.05, 3.63) is 65.5 Å². The number of rotatable bonds is 6. The molecule has 0 saturated carbocycles. The van der Waals surface area contributed by atoms with Crippen molar-refractivity contribution in [2.45, 2.75) is 6.10 Å². The highest BCUT2D eigenvalue weighted by molar-refractivity contribution is 5.94. The number of carbonyl (C=O) groups is 1. The van der Waals surface area contributed by atoms with Gasteiger partial charge in [0.2, 0.25) is 0 Å². The third-order valence-electron chi connectivity index (χ3n) is 3.03. The largest absolute Gasteiger partial charge is 0.491 e. The van der Waals surface area contributed by atoms with Crippen LogP contribution < -0.4 is 10.1 Å². The van der Waals surface area contributed by atoms with Crippen molar-refractivity contribution in [2.75, 3.05) is 13.2 Å². The van der Waals surface area contributed by atoms with E-state index in [1.165, 1.54) is 36.4 Å². The lowest BCUT2D eigenvalue weighted by Gasteiger charge is -2.13. The number of halogens is 1. The number of aliphatic hydroxyl groups excluding tert-OH is 1. The van der Waals surface area contributed by atoms with Crippen LogP contribution in [0.3, 0.4) is 0 Å². The molecule has 1 atom stereocenters. The zero-order valence-electron chi connectivity index (χ0n) is 12.2. The van der Waals surface area contributed by atoms with Gasteiger partial charge >= 0.3 is 0 Å². The van der Waals surface area contributed by atoms with Crippen LogP contribution in [0.15, 0.2) is 48.5 Å². The van der Waals surface area contributed by atoms with E-state index in [4.69, 9.17) is 10.00 Å². The van der Waals surface area contributed by atoms with Gasteiger partial charge in [-0.2, -0.15) is 5.26 Å². The summed E-state index contributed by atoms with van der Waals surface area (Å²) in [6.45, 7) is -0.0146. The number of amides is 1. The maximum absolute atomic E-state index is 12.7. The second-order valence-electron chi connectivity index (χ2n) is 4.82. The van der Waals surface area contributed by atoms with E-state index in [0.29, 0.717) is 16.9 Å². The van der Waals surface area contributed by atoms with Crippen LogP contribution in [0.1, 0.15) is 15.9 Å². The van der Waals surface area contributed by atoms with E-state index in [9.17, 15) is 14.3 Å². The van der Waals surface area contributed by atoms with Gasteiger partial charge in [0.05, 0.1) is 11.6 Å². The molecule has 6 heteroatoms. The predicted octanol–water partition coefficient (Wildman–Crippen LogP) is 1.87. The van der Waals surface area contributed by atoms with Crippen molar-refractivity contribution >= 4 is 5.91 Å². The zero-order valence-corrected chi connectivity index (χ0v) is 12.2. The summed E-state index contributed by atoms with van der Waals surface area (Å²) < 4.78 is 18.0. The highest BCUT2D eigenvalue weighted by atomic mass is 19.1. The lowest BCUT2D eigenvalue weighted by Crippen LogP contribution is -2.35. The Morgan fingerprint density at radius 1 is 1.22 bits per heavy atom. The monoisotopic (exact) mass is 314 g/mol. The van der Waals surface area contributed by atoms with Crippen LogP contribution in [0.4, 0.5) is 4.39 Å². The summed E-state index contributed by atoms with van der Waals surface area (Å²) in [5.41, 5.74) is 0.866. The van der Waals surface area contributed by atoms with E-state index in [2.05, 4.69) is 5.32 Å². The molecule has 0 spiro atoms. The summed E-state index contributed by atoms with van der Waals surface area (Å²) in [6, 6.07) is 13.6. The van der Waals surface area contributed by atoms with Crippen molar-refractivity contribution in [2.24, 2.45) is 0 Å². The predicted molar refractivity (Wildman–Crippen MR) is 81.4 cm³/mol. The molecule has 0 heterocycles. The van der Waals surface area contributed by atoms with Crippen molar-refractivity contribution in [1.82, 2.24) is 5.32 Å². The zero-order chi connectivity index (χ0) is 16.7. The van der Waals surface area contributed by atoms with Gasteiger partial charge < -0.3 is 15.2 Å². The molecule has 0 fully saturated rings. The summed E-state index contributed by atoms with van der Waals surface area (Å²) in [5, 5.41) is 21.0. The average molecular weight is 314 g/mol. The van der Waals surface area contributed by atoms with Gasteiger partial charge in [-0.15, -0.1) is 0 Å². The first-order valence-corrected chi connectivity index (χ1v) is 6.93. The van der Waals surface area contributed by atoms with Crippen LogP contribution in [0.25, 0.3) is 0 Å². The Labute approximate surface area is 132 Å². The molecule has 0 aromatic heterocycles. The molecule has 0 saturated heterocycles. The van der Waals surface area contributed by atoms with Crippen LogP contribution >= 0.6 is 0 Å². The molecule has 0 aliphatic rings. The number of benzene rings is 2. The van der Waals surface area contributed by atoms with Gasteiger partial charge in [-0.05, 0) is 48.5 Å². The fourth-order valence-corrected chi connectivity index (χ4v) is 1.79. The Bertz CT molecular complexity index is 693. The van der Waals surface area contributed by atoms with Crippen LogP contribution in [-0.2, 0) is 0 Å². The molecule has 23 heavy (non-hydrogen) atoms. The van der Waals surface area contributed by atoms with Gasteiger partial charge in [0.25, 0.3) is 5.91 Å². The van der Waals surface area contributed by atoms with Gasteiger partial charge in [-0.3, -0.25) is 4.79 Å². The molecule has 2 N–H and O–H groups in total. The molecule has 118 valence electrons. The fourth-order valence-electron chi connectivity index (χ4n) is 1.79. The Morgan fingerprint density at radius 3 is 2.48 bits per heavy atom. The lowest BCUT2D eigenvalue weighted by atomic mass is 10.1. The highest BCUT2D eigenvalue weighted by Gasteiger charge is 2.10. The third kappa shape index (κ3) is 5.09. The lowest BCUT2D eigenvalue weighted by molar-refractivity contribution is 0.0843. The maximum Gasteiger partial charge on any atom is 0.251 e. The molecule has 5 nitrogen and oxygen atoms in total. The topological polar surface area (TPSA) is 82.4 Å². The normalized spacial score (nSPS) is 11.3. The number of ether oxygens (including phenoxy) is 1. The first-order chi connectivity index (χ1) is 11.1. The summed E-state index contributed by atoms with van der Waals surface area (Å²) in [7, 11) is 0. The van der Waals surface area contributed by atoms with Gasteiger partial charge in [-0.25, -0.2) is 4.39 Å². The maximum atomic E-state index is 12.7. The molecule has 1 amide bonds. The molecule has 1 unspecified atom stereocenters. The highest BCUT2D eigenvalue weighted by Crippen LogP contribution is 2.11. The van der Waals surface area contributed by atoms with Crippen LogP contribution in [0, 0.1) is 17.1 Å². The number of hydrogen-bond acceptors (Lipinski definition) is 4. The summed E-state index contributed by atoms with van der Waals surface area (Å²) in [6.07, 6.45) is -0.901. The van der Waals surface area contributed by atoms with Gasteiger partial charge in [0.1, 0.15) is 24.3 Å². The quantitative estimate of drug-likeness (QED) is 0.853. The number of carbonyl (C=O) groups excluding carboxylic acids is 1. The first-order valence-electron chi connectivity index (χ1n) is 6.93. The molecule has 0 radical (unpaired) electrons.